The summed E-state index contributed by atoms with van der Waals surface area (Å²) in [5, 5.41) is 0. The van der Waals surface area contributed by atoms with Crippen LogP contribution in [0, 0.1) is 0 Å². The second-order valence-corrected chi connectivity index (χ2v) is 8.98. The van der Waals surface area contributed by atoms with Gasteiger partial charge in [0.2, 0.25) is 0 Å². The van der Waals surface area contributed by atoms with Crippen LogP contribution < -0.4 is 4.74 Å². The SMILES string of the molecule is CCCCCCCCCc1ccc(-c2ncc(OCCC(F)CCCC(F)CC)cn2)cc1. The molecular formula is C28H42F2N2O. The van der Waals surface area contributed by atoms with Gasteiger partial charge >= 0.3 is 0 Å². The van der Waals surface area contributed by atoms with Crippen molar-refractivity contribution < 1.29 is 13.5 Å². The van der Waals surface area contributed by atoms with E-state index in [0.29, 0.717) is 43.7 Å². The third kappa shape index (κ3) is 11.6. The molecule has 0 bridgehead atoms. The van der Waals surface area contributed by atoms with Gasteiger partial charge in [0.05, 0.1) is 25.2 Å². The summed E-state index contributed by atoms with van der Waals surface area (Å²) in [5.74, 6) is 1.20. The summed E-state index contributed by atoms with van der Waals surface area (Å²) in [7, 11) is 0. The smallest absolute Gasteiger partial charge is 0.159 e. The summed E-state index contributed by atoms with van der Waals surface area (Å²) >= 11 is 0. The van der Waals surface area contributed by atoms with Gasteiger partial charge in [-0.1, -0.05) is 76.6 Å². The Hall–Kier alpha value is -2.04. The van der Waals surface area contributed by atoms with E-state index < -0.39 is 12.3 Å². The fourth-order valence-corrected chi connectivity index (χ4v) is 3.86. The number of hydrogen-bond acceptors (Lipinski definition) is 3. The van der Waals surface area contributed by atoms with Gasteiger partial charge in [-0.05, 0) is 44.1 Å². The minimum atomic E-state index is -0.964. The summed E-state index contributed by atoms with van der Waals surface area (Å²) in [6.45, 7) is 4.33. The van der Waals surface area contributed by atoms with Crippen molar-refractivity contribution in [1.29, 1.82) is 0 Å². The number of unbranched alkanes of at least 4 members (excludes halogenated alkanes) is 6. The number of nitrogens with zero attached hydrogens (tertiary/aromatic N) is 2. The molecule has 2 rings (SSSR count). The number of hydrogen-bond donors (Lipinski definition) is 0. The molecule has 0 aliphatic heterocycles. The van der Waals surface area contributed by atoms with Gasteiger partial charge in [-0.3, -0.25) is 0 Å². The average molecular weight is 461 g/mol. The molecule has 3 nitrogen and oxygen atoms in total. The van der Waals surface area contributed by atoms with Gasteiger partial charge < -0.3 is 4.74 Å². The minimum Gasteiger partial charge on any atom is -0.490 e. The third-order valence-corrected chi connectivity index (χ3v) is 6.09. The number of alkyl halides is 2. The molecule has 0 N–H and O–H groups in total. The zero-order valence-corrected chi connectivity index (χ0v) is 20.6. The lowest BCUT2D eigenvalue weighted by Crippen LogP contribution is -2.09. The molecule has 0 aliphatic rings. The third-order valence-electron chi connectivity index (χ3n) is 6.09. The molecule has 0 saturated carbocycles. The summed E-state index contributed by atoms with van der Waals surface area (Å²) < 4.78 is 32.7. The lowest BCUT2D eigenvalue weighted by molar-refractivity contribution is 0.213. The topological polar surface area (TPSA) is 35.0 Å². The highest BCUT2D eigenvalue weighted by Crippen LogP contribution is 2.19. The Bertz CT molecular complexity index is 737. The number of benzene rings is 1. The van der Waals surface area contributed by atoms with Crippen molar-refractivity contribution in [3.63, 3.8) is 0 Å². The lowest BCUT2D eigenvalue weighted by Gasteiger charge is -2.10. The first-order valence-corrected chi connectivity index (χ1v) is 12.9. The first-order chi connectivity index (χ1) is 16.1. The van der Waals surface area contributed by atoms with Gasteiger partial charge in [0, 0.05) is 12.0 Å². The van der Waals surface area contributed by atoms with Crippen molar-refractivity contribution in [2.24, 2.45) is 0 Å². The van der Waals surface area contributed by atoms with E-state index in [0.717, 1.165) is 12.0 Å². The van der Waals surface area contributed by atoms with Crippen LogP contribution in [0.15, 0.2) is 36.7 Å². The Labute approximate surface area is 199 Å². The molecule has 33 heavy (non-hydrogen) atoms. The standard InChI is InChI=1S/C28H42F2N2O/c1-3-5-6-7-8-9-10-12-23-15-17-24(18-16-23)28-31-21-27(22-32-28)33-20-19-26(30)14-11-13-25(29)4-2/h15-18,21-22,25-26H,3-14,19-20H2,1-2H3. The maximum absolute atomic E-state index is 13.9. The highest BCUT2D eigenvalue weighted by Gasteiger charge is 2.10. The monoisotopic (exact) mass is 460 g/mol. The fraction of sp³-hybridized carbons (Fsp3) is 0.643. The van der Waals surface area contributed by atoms with E-state index in [9.17, 15) is 8.78 Å². The van der Waals surface area contributed by atoms with Crippen molar-refractivity contribution in [3.05, 3.63) is 42.2 Å². The number of ether oxygens (including phenoxy) is 1. The fourth-order valence-electron chi connectivity index (χ4n) is 3.86. The predicted molar refractivity (Wildman–Crippen MR) is 133 cm³/mol. The second-order valence-electron chi connectivity index (χ2n) is 8.98. The number of aryl methyl sites for hydroxylation is 1. The number of rotatable bonds is 18. The lowest BCUT2D eigenvalue weighted by atomic mass is 10.0. The predicted octanol–water partition coefficient (Wildman–Crippen LogP) is 8.46. The average Bonchev–Trinajstić information content (AvgIpc) is 2.84. The molecule has 0 amide bonds. The van der Waals surface area contributed by atoms with Crippen LogP contribution in [0.1, 0.15) is 96.5 Å². The van der Waals surface area contributed by atoms with Gasteiger partial charge in [0.15, 0.2) is 11.6 Å². The highest BCUT2D eigenvalue weighted by molar-refractivity contribution is 5.55. The quantitative estimate of drug-likeness (QED) is 0.209. The number of halogens is 2. The summed E-state index contributed by atoms with van der Waals surface area (Å²) in [5.41, 5.74) is 2.33. The zero-order chi connectivity index (χ0) is 23.7. The van der Waals surface area contributed by atoms with Crippen molar-refractivity contribution in [1.82, 2.24) is 9.97 Å². The van der Waals surface area contributed by atoms with E-state index in [1.807, 2.05) is 6.92 Å². The molecule has 2 unspecified atom stereocenters. The van der Waals surface area contributed by atoms with Crippen LogP contribution in [-0.2, 0) is 6.42 Å². The minimum absolute atomic E-state index is 0.268. The van der Waals surface area contributed by atoms with E-state index >= 15 is 0 Å². The molecule has 184 valence electrons. The second kappa shape index (κ2) is 16.6. The molecule has 1 aromatic carbocycles. The largest absolute Gasteiger partial charge is 0.490 e. The van der Waals surface area contributed by atoms with Crippen LogP contribution >= 0.6 is 0 Å². The van der Waals surface area contributed by atoms with Crippen LogP contribution in [0.2, 0.25) is 0 Å². The molecule has 0 radical (unpaired) electrons. The van der Waals surface area contributed by atoms with Crippen molar-refractivity contribution in [2.45, 2.75) is 110 Å². The van der Waals surface area contributed by atoms with Crippen LogP contribution in [0.5, 0.6) is 5.75 Å². The molecular weight excluding hydrogens is 418 g/mol. The normalized spacial score (nSPS) is 13.1. The Morgan fingerprint density at radius 1 is 0.758 bits per heavy atom. The van der Waals surface area contributed by atoms with Crippen molar-refractivity contribution >= 4 is 0 Å². The zero-order valence-electron chi connectivity index (χ0n) is 20.6. The van der Waals surface area contributed by atoms with Crippen molar-refractivity contribution in [3.8, 4) is 17.1 Å². The van der Waals surface area contributed by atoms with E-state index in [1.54, 1.807) is 12.4 Å². The first kappa shape index (κ1) is 27.2. The molecule has 1 heterocycles. The maximum Gasteiger partial charge on any atom is 0.159 e. The first-order valence-electron chi connectivity index (χ1n) is 12.9. The molecule has 0 fully saturated rings. The van der Waals surface area contributed by atoms with Gasteiger partial charge in [0.1, 0.15) is 6.17 Å². The maximum atomic E-state index is 13.9. The van der Waals surface area contributed by atoms with Crippen LogP contribution in [0.3, 0.4) is 0 Å². The Balaban J connectivity index is 1.66. The summed E-state index contributed by atoms with van der Waals surface area (Å²) in [6.07, 6.45) is 14.1. The van der Waals surface area contributed by atoms with Gasteiger partial charge in [0.25, 0.3) is 0 Å². The van der Waals surface area contributed by atoms with Gasteiger partial charge in [-0.25, -0.2) is 18.7 Å². The Kier molecular flexibility index (Phi) is 13.6. The molecule has 2 aromatic rings. The molecule has 0 aliphatic carbocycles. The Morgan fingerprint density at radius 2 is 1.39 bits per heavy atom. The Morgan fingerprint density at radius 3 is 2.06 bits per heavy atom. The van der Waals surface area contributed by atoms with Crippen LogP contribution in [-0.4, -0.2) is 28.9 Å². The molecule has 0 spiro atoms. The van der Waals surface area contributed by atoms with Crippen LogP contribution in [0.4, 0.5) is 8.78 Å². The molecule has 0 saturated heterocycles. The van der Waals surface area contributed by atoms with Crippen LogP contribution in [0.25, 0.3) is 11.4 Å². The van der Waals surface area contributed by atoms with E-state index in [1.165, 1.54) is 50.5 Å². The van der Waals surface area contributed by atoms with Gasteiger partial charge in [-0.15, -0.1) is 0 Å². The summed E-state index contributed by atoms with van der Waals surface area (Å²) in [6, 6.07) is 8.46. The van der Waals surface area contributed by atoms with Gasteiger partial charge in [-0.2, -0.15) is 0 Å². The molecule has 2 atom stereocenters. The number of aromatic nitrogens is 2. The van der Waals surface area contributed by atoms with E-state index in [4.69, 9.17) is 4.74 Å². The molecule has 5 heteroatoms. The molecule has 1 aromatic heterocycles. The van der Waals surface area contributed by atoms with Crippen molar-refractivity contribution in [2.75, 3.05) is 6.61 Å². The van der Waals surface area contributed by atoms with E-state index in [2.05, 4.69) is 41.2 Å². The van der Waals surface area contributed by atoms with E-state index in [-0.39, 0.29) is 6.61 Å². The highest BCUT2D eigenvalue weighted by atomic mass is 19.1. The summed E-state index contributed by atoms with van der Waals surface area (Å²) in [4.78, 5) is 8.79.